The number of para-hydroxylation sites is 1. The summed E-state index contributed by atoms with van der Waals surface area (Å²) in [6.07, 6.45) is 0. The highest BCUT2D eigenvalue weighted by molar-refractivity contribution is 7.91. The van der Waals surface area contributed by atoms with Crippen molar-refractivity contribution in [1.82, 2.24) is 13.8 Å². The third kappa shape index (κ3) is 3.83. The summed E-state index contributed by atoms with van der Waals surface area (Å²) in [5.74, 6) is -0.903. The number of carbonyl (C=O) groups is 2. The van der Waals surface area contributed by atoms with Crippen LogP contribution in [0.3, 0.4) is 0 Å². The Labute approximate surface area is 188 Å². The molecule has 1 saturated heterocycles. The van der Waals surface area contributed by atoms with Gasteiger partial charge in [-0.3, -0.25) is 9.59 Å². The molecule has 0 radical (unpaired) electrons. The molecule has 1 aromatic carbocycles. The lowest BCUT2D eigenvalue weighted by molar-refractivity contribution is 0.0600. The SMILES string of the molecule is COC(=O)c1csc(S(=O)(=O)N2CCN(C(=O)c3cc(=O)n(C)c4ccccc34)CC2)c1. The normalized spacial score (nSPS) is 15.1. The van der Waals surface area contributed by atoms with Gasteiger partial charge in [0.2, 0.25) is 0 Å². The lowest BCUT2D eigenvalue weighted by atomic mass is 10.1. The number of sulfonamides is 1. The number of nitrogens with zero attached hydrogens (tertiary/aromatic N) is 3. The highest BCUT2D eigenvalue weighted by Crippen LogP contribution is 2.26. The molecular weight excluding hydrogens is 454 g/mol. The number of benzene rings is 1. The first-order chi connectivity index (χ1) is 15.2. The predicted octanol–water partition coefficient (Wildman–Crippen LogP) is 1.53. The van der Waals surface area contributed by atoms with Gasteiger partial charge in [-0.2, -0.15) is 4.31 Å². The molecule has 0 spiro atoms. The number of amides is 1. The Balaban J connectivity index is 1.53. The Morgan fingerprint density at radius 3 is 2.44 bits per heavy atom. The molecule has 0 atom stereocenters. The highest BCUT2D eigenvalue weighted by atomic mass is 32.2. The van der Waals surface area contributed by atoms with E-state index in [-0.39, 0.29) is 47.4 Å². The molecule has 168 valence electrons. The van der Waals surface area contributed by atoms with E-state index in [0.717, 1.165) is 11.3 Å². The number of rotatable bonds is 4. The molecule has 1 amide bonds. The molecule has 0 aliphatic carbocycles. The second kappa shape index (κ2) is 8.49. The maximum absolute atomic E-state index is 13.2. The summed E-state index contributed by atoms with van der Waals surface area (Å²) in [4.78, 5) is 38.7. The zero-order chi connectivity index (χ0) is 23.0. The van der Waals surface area contributed by atoms with Crippen LogP contribution in [0.1, 0.15) is 20.7 Å². The fourth-order valence-electron chi connectivity index (χ4n) is 3.69. The number of aromatic nitrogens is 1. The minimum Gasteiger partial charge on any atom is -0.465 e. The van der Waals surface area contributed by atoms with Crippen LogP contribution in [0.25, 0.3) is 10.9 Å². The van der Waals surface area contributed by atoms with Crippen molar-refractivity contribution < 1.29 is 22.7 Å². The van der Waals surface area contributed by atoms with Gasteiger partial charge >= 0.3 is 5.97 Å². The van der Waals surface area contributed by atoms with Crippen LogP contribution in [0.5, 0.6) is 0 Å². The number of aryl methyl sites for hydroxylation is 1. The smallest absolute Gasteiger partial charge is 0.338 e. The minimum absolute atomic E-state index is 0.0511. The number of hydrogen-bond acceptors (Lipinski definition) is 7. The van der Waals surface area contributed by atoms with E-state index in [2.05, 4.69) is 4.74 Å². The molecule has 4 rings (SSSR count). The third-order valence-electron chi connectivity index (χ3n) is 5.50. The van der Waals surface area contributed by atoms with Gasteiger partial charge in [-0.15, -0.1) is 11.3 Å². The number of hydrogen-bond donors (Lipinski definition) is 0. The summed E-state index contributed by atoms with van der Waals surface area (Å²) in [6, 6.07) is 9.80. The van der Waals surface area contributed by atoms with Crippen LogP contribution in [-0.4, -0.2) is 67.4 Å². The van der Waals surface area contributed by atoms with Crippen LogP contribution in [0.2, 0.25) is 0 Å². The van der Waals surface area contributed by atoms with Gasteiger partial charge in [-0.1, -0.05) is 18.2 Å². The van der Waals surface area contributed by atoms with Crippen molar-refractivity contribution in [3.8, 4) is 0 Å². The molecule has 3 heterocycles. The van der Waals surface area contributed by atoms with Crippen molar-refractivity contribution in [2.45, 2.75) is 4.21 Å². The van der Waals surface area contributed by atoms with Crippen molar-refractivity contribution >= 4 is 44.1 Å². The molecule has 3 aromatic rings. The van der Waals surface area contributed by atoms with Crippen LogP contribution < -0.4 is 5.56 Å². The molecule has 1 aliphatic heterocycles. The van der Waals surface area contributed by atoms with E-state index < -0.39 is 16.0 Å². The molecule has 1 aliphatic rings. The Bertz CT molecular complexity index is 1370. The van der Waals surface area contributed by atoms with Crippen LogP contribution in [0.4, 0.5) is 0 Å². The van der Waals surface area contributed by atoms with E-state index in [1.54, 1.807) is 36.2 Å². The molecule has 1 fully saturated rings. The van der Waals surface area contributed by atoms with Gasteiger partial charge in [0.05, 0.1) is 23.8 Å². The van der Waals surface area contributed by atoms with Crippen molar-refractivity contribution in [2.75, 3.05) is 33.3 Å². The van der Waals surface area contributed by atoms with Crippen molar-refractivity contribution in [2.24, 2.45) is 7.05 Å². The van der Waals surface area contributed by atoms with Gasteiger partial charge in [0.1, 0.15) is 4.21 Å². The highest BCUT2D eigenvalue weighted by Gasteiger charge is 2.32. The number of esters is 1. The van der Waals surface area contributed by atoms with E-state index in [9.17, 15) is 22.8 Å². The third-order valence-corrected chi connectivity index (χ3v) is 8.81. The van der Waals surface area contributed by atoms with Crippen molar-refractivity contribution in [1.29, 1.82) is 0 Å². The number of carbonyl (C=O) groups excluding carboxylic acids is 2. The van der Waals surface area contributed by atoms with Gasteiger partial charge in [-0.25, -0.2) is 13.2 Å². The molecule has 0 unspecified atom stereocenters. The number of piperazine rings is 1. The van der Waals surface area contributed by atoms with Crippen LogP contribution in [0, 0.1) is 0 Å². The van der Waals surface area contributed by atoms with E-state index >= 15 is 0 Å². The molecule has 0 N–H and O–H groups in total. The minimum atomic E-state index is -3.79. The molecule has 32 heavy (non-hydrogen) atoms. The Hall–Kier alpha value is -3.02. The summed E-state index contributed by atoms with van der Waals surface area (Å²) in [6.45, 7) is 0.609. The summed E-state index contributed by atoms with van der Waals surface area (Å²) >= 11 is 0.954. The van der Waals surface area contributed by atoms with Gasteiger partial charge in [0.25, 0.3) is 21.5 Å². The van der Waals surface area contributed by atoms with Crippen LogP contribution >= 0.6 is 11.3 Å². The average Bonchev–Trinajstić information content (AvgIpc) is 3.32. The first kappa shape index (κ1) is 22.2. The second-order valence-electron chi connectivity index (χ2n) is 7.31. The van der Waals surface area contributed by atoms with E-state index in [0.29, 0.717) is 16.5 Å². The van der Waals surface area contributed by atoms with Gasteiger partial charge in [0, 0.05) is 50.1 Å². The topological polar surface area (TPSA) is 106 Å². The zero-order valence-corrected chi connectivity index (χ0v) is 19.1. The zero-order valence-electron chi connectivity index (χ0n) is 17.5. The van der Waals surface area contributed by atoms with Gasteiger partial charge < -0.3 is 14.2 Å². The monoisotopic (exact) mass is 475 g/mol. The fourth-order valence-corrected chi connectivity index (χ4v) is 6.42. The quantitative estimate of drug-likeness (QED) is 0.530. The van der Waals surface area contributed by atoms with Gasteiger partial charge in [-0.05, 0) is 12.1 Å². The summed E-state index contributed by atoms with van der Waals surface area (Å²) < 4.78 is 33.4. The Morgan fingerprint density at radius 1 is 1.06 bits per heavy atom. The van der Waals surface area contributed by atoms with Crippen molar-refractivity contribution in [3.63, 3.8) is 0 Å². The van der Waals surface area contributed by atoms with E-state index in [1.165, 1.54) is 33.5 Å². The summed E-state index contributed by atoms with van der Waals surface area (Å²) in [7, 11) is -0.907. The molecule has 11 heteroatoms. The second-order valence-corrected chi connectivity index (χ2v) is 10.4. The molecule has 0 bridgehead atoms. The molecule has 9 nitrogen and oxygen atoms in total. The maximum atomic E-state index is 13.2. The standard InChI is InChI=1S/C21H21N3O6S2/c1-22-17-6-4-3-5-15(17)16(12-18(22)25)20(26)23-7-9-24(10-8-23)32(28,29)19-11-14(13-31-19)21(27)30-2/h3-6,11-13H,7-10H2,1-2H3. The molecular formula is C21H21N3O6S2. The molecule has 0 saturated carbocycles. The number of methoxy groups -OCH3 is 1. The summed E-state index contributed by atoms with van der Waals surface area (Å²) in [5.41, 5.74) is 0.861. The lowest BCUT2D eigenvalue weighted by Gasteiger charge is -2.34. The first-order valence-corrected chi connectivity index (χ1v) is 12.1. The first-order valence-electron chi connectivity index (χ1n) is 9.79. The average molecular weight is 476 g/mol. The van der Waals surface area contributed by atoms with Gasteiger partial charge in [0.15, 0.2) is 0 Å². The predicted molar refractivity (Wildman–Crippen MR) is 120 cm³/mol. The Kier molecular flexibility index (Phi) is 5.89. The maximum Gasteiger partial charge on any atom is 0.338 e. The number of ether oxygens (including phenoxy) is 1. The van der Waals surface area contributed by atoms with Crippen LogP contribution in [0.15, 0.2) is 50.8 Å². The van der Waals surface area contributed by atoms with Crippen LogP contribution in [-0.2, 0) is 21.8 Å². The number of pyridine rings is 1. The van der Waals surface area contributed by atoms with Crippen molar-refractivity contribution in [3.05, 3.63) is 63.3 Å². The molecule has 2 aromatic heterocycles. The Morgan fingerprint density at radius 2 is 1.75 bits per heavy atom. The van der Waals surface area contributed by atoms with E-state index in [4.69, 9.17) is 0 Å². The largest absolute Gasteiger partial charge is 0.465 e. The fraction of sp³-hybridized carbons (Fsp3) is 0.286. The number of thiophene rings is 1. The summed E-state index contributed by atoms with van der Waals surface area (Å²) in [5, 5.41) is 2.11. The lowest BCUT2D eigenvalue weighted by Crippen LogP contribution is -2.50. The van der Waals surface area contributed by atoms with E-state index in [1.807, 2.05) is 0 Å². The number of fused-ring (bicyclic) bond motifs is 1.